The van der Waals surface area contributed by atoms with Crippen LogP contribution >= 0.6 is 0 Å². The van der Waals surface area contributed by atoms with Crippen molar-refractivity contribution in [3.05, 3.63) is 36.3 Å². The van der Waals surface area contributed by atoms with Crippen molar-refractivity contribution in [3.8, 4) is 16.9 Å². The van der Waals surface area contributed by atoms with Crippen LogP contribution in [0.4, 0.5) is 5.82 Å². The van der Waals surface area contributed by atoms with E-state index < -0.39 is 0 Å². The molecule has 82 valence electrons. The first-order valence-electron chi connectivity index (χ1n) is 4.94. The third kappa shape index (κ3) is 1.82. The second kappa shape index (κ2) is 4.18. The monoisotopic (exact) mass is 215 g/mol. The fourth-order valence-corrected chi connectivity index (χ4v) is 1.61. The van der Waals surface area contributed by atoms with Crippen LogP contribution in [0.3, 0.4) is 0 Å². The van der Waals surface area contributed by atoms with Crippen LogP contribution in [-0.2, 0) is 0 Å². The summed E-state index contributed by atoms with van der Waals surface area (Å²) in [6, 6.07) is 7.67. The molecule has 0 aliphatic carbocycles. The molecule has 0 amide bonds. The average molecular weight is 215 g/mol. The van der Waals surface area contributed by atoms with Crippen LogP contribution in [0.25, 0.3) is 11.1 Å². The van der Waals surface area contributed by atoms with Gasteiger partial charge >= 0.3 is 0 Å². The molecular weight excluding hydrogens is 202 g/mol. The number of aromatic nitrogens is 2. The normalized spacial score (nSPS) is 10.1. The standard InChI is InChI=1S/C12H13N3O/c1-8-11(12(13)15-7-14-8)9-3-5-10(16-2)6-4-9/h3-7H,1-2H3,(H2,13,14,15). The third-order valence-corrected chi connectivity index (χ3v) is 2.44. The van der Waals surface area contributed by atoms with Gasteiger partial charge in [-0.3, -0.25) is 0 Å². The number of nitrogens with zero attached hydrogens (tertiary/aromatic N) is 2. The molecule has 0 fully saturated rings. The molecule has 4 nitrogen and oxygen atoms in total. The van der Waals surface area contributed by atoms with E-state index in [2.05, 4.69) is 9.97 Å². The van der Waals surface area contributed by atoms with E-state index >= 15 is 0 Å². The Labute approximate surface area is 94.1 Å². The largest absolute Gasteiger partial charge is 0.497 e. The van der Waals surface area contributed by atoms with Gasteiger partial charge in [-0.1, -0.05) is 12.1 Å². The highest BCUT2D eigenvalue weighted by molar-refractivity contribution is 5.75. The molecule has 0 aliphatic rings. The van der Waals surface area contributed by atoms with Crippen LogP contribution in [0.2, 0.25) is 0 Å². The predicted octanol–water partition coefficient (Wildman–Crippen LogP) is 2.04. The summed E-state index contributed by atoms with van der Waals surface area (Å²) in [4.78, 5) is 8.13. The Bertz CT molecular complexity index is 474. The van der Waals surface area contributed by atoms with E-state index in [0.29, 0.717) is 5.82 Å². The van der Waals surface area contributed by atoms with Crippen molar-refractivity contribution in [1.29, 1.82) is 0 Å². The van der Waals surface area contributed by atoms with Crippen molar-refractivity contribution >= 4 is 5.82 Å². The Kier molecular flexibility index (Phi) is 2.72. The second-order valence-corrected chi connectivity index (χ2v) is 3.45. The van der Waals surface area contributed by atoms with Crippen molar-refractivity contribution in [2.45, 2.75) is 6.92 Å². The molecule has 1 aromatic carbocycles. The van der Waals surface area contributed by atoms with Crippen molar-refractivity contribution < 1.29 is 4.74 Å². The van der Waals surface area contributed by atoms with E-state index in [-0.39, 0.29) is 0 Å². The number of nitrogens with two attached hydrogens (primary N) is 1. The number of hydrogen-bond acceptors (Lipinski definition) is 4. The molecular formula is C12H13N3O. The quantitative estimate of drug-likeness (QED) is 0.832. The van der Waals surface area contributed by atoms with Gasteiger partial charge in [-0.25, -0.2) is 9.97 Å². The zero-order valence-corrected chi connectivity index (χ0v) is 9.27. The molecule has 0 radical (unpaired) electrons. The summed E-state index contributed by atoms with van der Waals surface area (Å²) in [5.41, 5.74) is 8.59. The maximum atomic E-state index is 5.84. The molecule has 1 aromatic heterocycles. The first-order chi connectivity index (χ1) is 7.72. The molecule has 0 saturated carbocycles. The molecule has 2 N–H and O–H groups in total. The summed E-state index contributed by atoms with van der Waals surface area (Å²) in [7, 11) is 1.64. The van der Waals surface area contributed by atoms with Crippen LogP contribution in [0.1, 0.15) is 5.69 Å². The van der Waals surface area contributed by atoms with Gasteiger partial charge in [0, 0.05) is 5.56 Å². The number of anilines is 1. The van der Waals surface area contributed by atoms with Gasteiger partial charge in [0.25, 0.3) is 0 Å². The van der Waals surface area contributed by atoms with Gasteiger partial charge in [0.15, 0.2) is 0 Å². The van der Waals surface area contributed by atoms with E-state index in [1.807, 2.05) is 31.2 Å². The third-order valence-electron chi connectivity index (χ3n) is 2.44. The molecule has 2 aromatic rings. The van der Waals surface area contributed by atoms with Crippen LogP contribution < -0.4 is 10.5 Å². The molecule has 1 heterocycles. The number of rotatable bonds is 2. The lowest BCUT2D eigenvalue weighted by atomic mass is 10.1. The van der Waals surface area contributed by atoms with E-state index in [1.165, 1.54) is 6.33 Å². The van der Waals surface area contributed by atoms with Crippen molar-refractivity contribution in [2.24, 2.45) is 0 Å². The van der Waals surface area contributed by atoms with E-state index in [9.17, 15) is 0 Å². The molecule has 0 unspecified atom stereocenters. The van der Waals surface area contributed by atoms with E-state index in [4.69, 9.17) is 10.5 Å². The summed E-state index contributed by atoms with van der Waals surface area (Å²) in [6.45, 7) is 1.91. The summed E-state index contributed by atoms with van der Waals surface area (Å²) in [5.74, 6) is 1.31. The highest BCUT2D eigenvalue weighted by atomic mass is 16.5. The van der Waals surface area contributed by atoms with Gasteiger partial charge in [0.05, 0.1) is 12.8 Å². The van der Waals surface area contributed by atoms with Crippen molar-refractivity contribution in [3.63, 3.8) is 0 Å². The lowest BCUT2D eigenvalue weighted by Crippen LogP contribution is -1.98. The fourth-order valence-electron chi connectivity index (χ4n) is 1.61. The molecule has 4 heteroatoms. The highest BCUT2D eigenvalue weighted by Crippen LogP contribution is 2.27. The molecule has 0 atom stereocenters. The first kappa shape index (κ1) is 10.4. The summed E-state index contributed by atoms with van der Waals surface area (Å²) >= 11 is 0. The predicted molar refractivity (Wildman–Crippen MR) is 63.2 cm³/mol. The minimum atomic E-state index is 0.498. The van der Waals surface area contributed by atoms with Gasteiger partial charge in [-0.15, -0.1) is 0 Å². The number of nitrogen functional groups attached to an aromatic ring is 1. The van der Waals surface area contributed by atoms with E-state index in [1.54, 1.807) is 7.11 Å². The minimum absolute atomic E-state index is 0.498. The SMILES string of the molecule is COc1ccc(-c2c(C)ncnc2N)cc1. The van der Waals surface area contributed by atoms with Crippen LogP contribution in [0.5, 0.6) is 5.75 Å². The molecule has 16 heavy (non-hydrogen) atoms. The van der Waals surface area contributed by atoms with E-state index in [0.717, 1.165) is 22.6 Å². The van der Waals surface area contributed by atoms with Gasteiger partial charge in [0.2, 0.25) is 0 Å². The minimum Gasteiger partial charge on any atom is -0.497 e. The van der Waals surface area contributed by atoms with Crippen LogP contribution in [-0.4, -0.2) is 17.1 Å². The maximum Gasteiger partial charge on any atom is 0.134 e. The first-order valence-corrected chi connectivity index (χ1v) is 4.94. The van der Waals surface area contributed by atoms with Gasteiger partial charge in [-0.05, 0) is 24.6 Å². The van der Waals surface area contributed by atoms with Crippen LogP contribution in [0.15, 0.2) is 30.6 Å². The number of aryl methyl sites for hydroxylation is 1. The number of ether oxygens (including phenoxy) is 1. The molecule has 2 rings (SSSR count). The zero-order chi connectivity index (χ0) is 11.5. The Hall–Kier alpha value is -2.10. The Morgan fingerprint density at radius 2 is 1.81 bits per heavy atom. The maximum absolute atomic E-state index is 5.84. The molecule has 0 bridgehead atoms. The lowest BCUT2D eigenvalue weighted by Gasteiger charge is -2.08. The Balaban J connectivity index is 2.50. The summed E-state index contributed by atoms with van der Waals surface area (Å²) in [6.07, 6.45) is 1.47. The van der Waals surface area contributed by atoms with Gasteiger partial charge in [0.1, 0.15) is 17.9 Å². The topological polar surface area (TPSA) is 61.0 Å². The van der Waals surface area contributed by atoms with Gasteiger partial charge < -0.3 is 10.5 Å². The fraction of sp³-hybridized carbons (Fsp3) is 0.167. The zero-order valence-electron chi connectivity index (χ0n) is 9.27. The van der Waals surface area contributed by atoms with Crippen LogP contribution in [0, 0.1) is 6.92 Å². The summed E-state index contributed by atoms with van der Waals surface area (Å²) in [5, 5.41) is 0. The summed E-state index contributed by atoms with van der Waals surface area (Å²) < 4.78 is 5.10. The molecule has 0 saturated heterocycles. The van der Waals surface area contributed by atoms with Gasteiger partial charge in [-0.2, -0.15) is 0 Å². The van der Waals surface area contributed by atoms with Crippen molar-refractivity contribution in [2.75, 3.05) is 12.8 Å². The van der Waals surface area contributed by atoms with Crippen molar-refractivity contribution in [1.82, 2.24) is 9.97 Å². The highest BCUT2D eigenvalue weighted by Gasteiger charge is 2.07. The Morgan fingerprint density at radius 1 is 1.12 bits per heavy atom. The number of benzene rings is 1. The Morgan fingerprint density at radius 3 is 2.38 bits per heavy atom. The second-order valence-electron chi connectivity index (χ2n) is 3.45. The molecule has 0 aliphatic heterocycles. The average Bonchev–Trinajstić information content (AvgIpc) is 2.30. The smallest absolute Gasteiger partial charge is 0.134 e. The number of hydrogen-bond donors (Lipinski definition) is 1. The molecule has 0 spiro atoms. The lowest BCUT2D eigenvalue weighted by molar-refractivity contribution is 0.415. The number of methoxy groups -OCH3 is 1.